The highest BCUT2D eigenvalue weighted by Crippen LogP contribution is 2.15. The molecule has 0 aliphatic carbocycles. The molecule has 0 saturated carbocycles. The Balaban J connectivity index is 2.87. The lowest BCUT2D eigenvalue weighted by atomic mass is 10.0. The van der Waals surface area contributed by atoms with Gasteiger partial charge in [-0.3, -0.25) is 9.59 Å². The normalized spacial score (nSPS) is 12.3. The molecule has 0 aromatic carbocycles. The van der Waals surface area contributed by atoms with Gasteiger partial charge in [0.15, 0.2) is 0 Å². The molecule has 0 spiro atoms. The van der Waals surface area contributed by atoms with E-state index in [1.807, 2.05) is 31.5 Å². The van der Waals surface area contributed by atoms with Crippen molar-refractivity contribution in [3.8, 4) is 0 Å². The standard InChI is InChI=1S/C14H22BrN3O2/c1-5-18-8-10(15)7-12(18)14(20)17-11(6-9(2)3)13(19)16-4/h7-9,11H,5-6H2,1-4H3,(H,16,19)(H,17,20). The molecule has 20 heavy (non-hydrogen) atoms. The number of hydrogen-bond acceptors (Lipinski definition) is 2. The van der Waals surface area contributed by atoms with Crippen LogP contribution >= 0.6 is 15.9 Å². The van der Waals surface area contributed by atoms with Crippen molar-refractivity contribution in [3.63, 3.8) is 0 Å². The van der Waals surface area contributed by atoms with E-state index in [0.717, 1.165) is 4.47 Å². The van der Waals surface area contributed by atoms with Crippen LogP contribution in [0, 0.1) is 5.92 Å². The molecule has 1 atom stereocenters. The van der Waals surface area contributed by atoms with Crippen molar-refractivity contribution in [2.75, 3.05) is 7.05 Å². The highest BCUT2D eigenvalue weighted by Gasteiger charge is 2.23. The van der Waals surface area contributed by atoms with Crippen LogP contribution in [0.2, 0.25) is 0 Å². The Bertz CT molecular complexity index is 483. The Labute approximate surface area is 128 Å². The van der Waals surface area contributed by atoms with Crippen LogP contribution in [0.25, 0.3) is 0 Å². The molecule has 0 aliphatic heterocycles. The first-order valence-electron chi connectivity index (χ1n) is 6.77. The van der Waals surface area contributed by atoms with Gasteiger partial charge < -0.3 is 15.2 Å². The second-order valence-electron chi connectivity index (χ2n) is 5.10. The van der Waals surface area contributed by atoms with Crippen LogP contribution in [-0.4, -0.2) is 29.5 Å². The Hall–Kier alpha value is -1.30. The molecule has 5 nitrogen and oxygen atoms in total. The maximum atomic E-state index is 12.3. The molecule has 0 aliphatic rings. The average Bonchev–Trinajstić information content (AvgIpc) is 2.77. The van der Waals surface area contributed by atoms with E-state index < -0.39 is 6.04 Å². The number of aryl methyl sites for hydroxylation is 1. The first-order valence-corrected chi connectivity index (χ1v) is 7.56. The largest absolute Gasteiger partial charge is 0.357 e. The third kappa shape index (κ3) is 4.37. The molecule has 6 heteroatoms. The number of rotatable bonds is 6. The van der Waals surface area contributed by atoms with Gasteiger partial charge in [0, 0.05) is 24.3 Å². The molecule has 1 aromatic heterocycles. The lowest BCUT2D eigenvalue weighted by Gasteiger charge is -2.19. The highest BCUT2D eigenvalue weighted by molar-refractivity contribution is 9.10. The van der Waals surface area contributed by atoms with Crippen LogP contribution < -0.4 is 10.6 Å². The lowest BCUT2D eigenvalue weighted by molar-refractivity contribution is -0.122. The summed E-state index contributed by atoms with van der Waals surface area (Å²) >= 11 is 3.36. The predicted octanol–water partition coefficient (Wildman–Crippen LogP) is 2.16. The summed E-state index contributed by atoms with van der Waals surface area (Å²) in [6.07, 6.45) is 2.46. The van der Waals surface area contributed by atoms with E-state index in [4.69, 9.17) is 0 Å². The zero-order valence-electron chi connectivity index (χ0n) is 12.4. The molecule has 0 fully saturated rings. The van der Waals surface area contributed by atoms with Gasteiger partial charge in [0.05, 0.1) is 0 Å². The van der Waals surface area contributed by atoms with Gasteiger partial charge in [-0.2, -0.15) is 0 Å². The molecule has 112 valence electrons. The third-order valence-electron chi connectivity index (χ3n) is 3.01. The van der Waals surface area contributed by atoms with Gasteiger partial charge in [0.2, 0.25) is 5.91 Å². The summed E-state index contributed by atoms with van der Waals surface area (Å²) < 4.78 is 2.69. The van der Waals surface area contributed by atoms with E-state index in [0.29, 0.717) is 24.6 Å². The Kier molecular flexibility index (Phi) is 6.26. The van der Waals surface area contributed by atoms with Gasteiger partial charge in [-0.25, -0.2) is 0 Å². The summed E-state index contributed by atoms with van der Waals surface area (Å²) in [6, 6.07) is 1.25. The van der Waals surface area contributed by atoms with Crippen LogP contribution in [0.5, 0.6) is 0 Å². The van der Waals surface area contributed by atoms with Gasteiger partial charge in [0.25, 0.3) is 5.91 Å². The number of hydrogen-bond donors (Lipinski definition) is 2. The second-order valence-corrected chi connectivity index (χ2v) is 6.02. The minimum Gasteiger partial charge on any atom is -0.357 e. The molecule has 1 heterocycles. The van der Waals surface area contributed by atoms with Crippen molar-refractivity contribution < 1.29 is 9.59 Å². The van der Waals surface area contributed by atoms with Crippen molar-refractivity contribution >= 4 is 27.7 Å². The predicted molar refractivity (Wildman–Crippen MR) is 82.6 cm³/mol. The zero-order chi connectivity index (χ0) is 15.3. The quantitative estimate of drug-likeness (QED) is 0.831. The van der Waals surface area contributed by atoms with Crippen LogP contribution in [-0.2, 0) is 11.3 Å². The van der Waals surface area contributed by atoms with Gasteiger partial charge in [-0.15, -0.1) is 0 Å². The van der Waals surface area contributed by atoms with Crippen LogP contribution in [0.4, 0.5) is 0 Å². The van der Waals surface area contributed by atoms with E-state index in [2.05, 4.69) is 26.6 Å². The molecular formula is C14H22BrN3O2. The first kappa shape index (κ1) is 16.8. The summed E-state index contributed by atoms with van der Waals surface area (Å²) in [5.74, 6) is -0.0742. The topological polar surface area (TPSA) is 63.1 Å². The van der Waals surface area contributed by atoms with E-state index >= 15 is 0 Å². The van der Waals surface area contributed by atoms with Crippen molar-refractivity contribution in [1.29, 1.82) is 0 Å². The van der Waals surface area contributed by atoms with Crippen molar-refractivity contribution in [1.82, 2.24) is 15.2 Å². The smallest absolute Gasteiger partial charge is 0.268 e. The van der Waals surface area contributed by atoms with E-state index in [1.165, 1.54) is 0 Å². The molecule has 2 N–H and O–H groups in total. The van der Waals surface area contributed by atoms with Crippen molar-refractivity contribution in [2.45, 2.75) is 39.8 Å². The minimum atomic E-state index is -0.508. The van der Waals surface area contributed by atoms with Crippen molar-refractivity contribution in [2.24, 2.45) is 5.92 Å². The van der Waals surface area contributed by atoms with Gasteiger partial charge in [-0.05, 0) is 41.3 Å². The third-order valence-corrected chi connectivity index (χ3v) is 3.45. The van der Waals surface area contributed by atoms with Gasteiger partial charge in [-0.1, -0.05) is 13.8 Å². The summed E-state index contributed by atoms with van der Waals surface area (Å²) in [7, 11) is 1.58. The maximum Gasteiger partial charge on any atom is 0.268 e. The van der Waals surface area contributed by atoms with E-state index in [1.54, 1.807) is 13.1 Å². The molecule has 1 unspecified atom stereocenters. The summed E-state index contributed by atoms with van der Waals surface area (Å²) in [5.41, 5.74) is 0.553. The zero-order valence-corrected chi connectivity index (χ0v) is 14.0. The average molecular weight is 344 g/mol. The number of likely N-dealkylation sites (N-methyl/N-ethyl adjacent to an activating group) is 1. The fraction of sp³-hybridized carbons (Fsp3) is 0.571. The lowest BCUT2D eigenvalue weighted by Crippen LogP contribution is -2.46. The molecule has 1 aromatic rings. The Morgan fingerprint density at radius 1 is 1.40 bits per heavy atom. The second kappa shape index (κ2) is 7.47. The SMILES string of the molecule is CCn1cc(Br)cc1C(=O)NC(CC(C)C)C(=O)NC. The maximum absolute atomic E-state index is 12.3. The molecule has 2 amide bonds. The van der Waals surface area contributed by atoms with Gasteiger partial charge >= 0.3 is 0 Å². The number of carbonyl (C=O) groups is 2. The number of nitrogens with one attached hydrogen (secondary N) is 2. The number of amides is 2. The Morgan fingerprint density at radius 2 is 2.05 bits per heavy atom. The monoisotopic (exact) mass is 343 g/mol. The van der Waals surface area contributed by atoms with E-state index in [9.17, 15) is 9.59 Å². The number of nitrogens with zero attached hydrogens (tertiary/aromatic N) is 1. The summed E-state index contributed by atoms with van der Waals surface area (Å²) in [5, 5.41) is 5.40. The molecule has 0 radical (unpaired) electrons. The Morgan fingerprint density at radius 3 is 2.55 bits per heavy atom. The highest BCUT2D eigenvalue weighted by atomic mass is 79.9. The van der Waals surface area contributed by atoms with Crippen molar-refractivity contribution in [3.05, 3.63) is 22.4 Å². The fourth-order valence-corrected chi connectivity index (χ4v) is 2.50. The van der Waals surface area contributed by atoms with Crippen LogP contribution in [0.3, 0.4) is 0 Å². The van der Waals surface area contributed by atoms with Gasteiger partial charge in [0.1, 0.15) is 11.7 Å². The molecule has 0 saturated heterocycles. The molecule has 0 bridgehead atoms. The molecular weight excluding hydrogens is 322 g/mol. The number of carbonyl (C=O) groups excluding carboxylic acids is 2. The summed E-state index contributed by atoms with van der Waals surface area (Å²) in [6.45, 7) is 6.71. The van der Waals surface area contributed by atoms with Crippen LogP contribution in [0.15, 0.2) is 16.7 Å². The number of aromatic nitrogens is 1. The number of halogens is 1. The fourth-order valence-electron chi connectivity index (χ4n) is 2.04. The van der Waals surface area contributed by atoms with E-state index in [-0.39, 0.29) is 11.8 Å². The first-order chi connectivity index (χ1) is 9.38. The van der Waals surface area contributed by atoms with Crippen LogP contribution in [0.1, 0.15) is 37.7 Å². The summed E-state index contributed by atoms with van der Waals surface area (Å²) in [4.78, 5) is 24.1. The minimum absolute atomic E-state index is 0.166. The molecule has 1 rings (SSSR count).